The van der Waals surface area contributed by atoms with Gasteiger partial charge in [0, 0.05) is 28.3 Å². The summed E-state index contributed by atoms with van der Waals surface area (Å²) >= 11 is 0. The molecule has 0 aliphatic rings. The van der Waals surface area contributed by atoms with E-state index >= 15 is 0 Å². The SMILES string of the molecule is CCCCOc1ncccc1-c1cc(-c2cc3ccccc3c(=O)[nH]2)c(OC)c(C(C)(C)C)c1. The normalized spacial score (nSPS) is 11.6. The van der Waals surface area contributed by atoms with Crippen LogP contribution in [0.4, 0.5) is 0 Å². The van der Waals surface area contributed by atoms with Gasteiger partial charge in [0.25, 0.3) is 5.56 Å². The van der Waals surface area contributed by atoms with E-state index < -0.39 is 0 Å². The molecule has 0 unspecified atom stereocenters. The highest BCUT2D eigenvalue weighted by Crippen LogP contribution is 2.43. The van der Waals surface area contributed by atoms with Gasteiger partial charge in [0.15, 0.2) is 0 Å². The minimum absolute atomic E-state index is 0.122. The van der Waals surface area contributed by atoms with Gasteiger partial charge in [-0.05, 0) is 59.2 Å². The zero-order valence-electron chi connectivity index (χ0n) is 20.6. The summed E-state index contributed by atoms with van der Waals surface area (Å²) < 4.78 is 12.0. The van der Waals surface area contributed by atoms with Crippen LogP contribution < -0.4 is 15.0 Å². The van der Waals surface area contributed by atoms with Gasteiger partial charge in [0.05, 0.1) is 19.4 Å². The molecule has 0 radical (unpaired) electrons. The molecular formula is C29H32N2O3. The molecular weight excluding hydrogens is 424 g/mol. The maximum atomic E-state index is 12.9. The Bertz CT molecular complexity index is 1370. The fourth-order valence-electron chi connectivity index (χ4n) is 4.16. The average molecular weight is 457 g/mol. The van der Waals surface area contributed by atoms with E-state index in [-0.39, 0.29) is 11.0 Å². The predicted octanol–water partition coefficient (Wildman–Crippen LogP) is 6.74. The van der Waals surface area contributed by atoms with Crippen LogP contribution >= 0.6 is 0 Å². The van der Waals surface area contributed by atoms with Crippen LogP contribution in [0, 0.1) is 0 Å². The molecule has 4 aromatic rings. The number of aromatic amines is 1. The Morgan fingerprint density at radius 2 is 1.79 bits per heavy atom. The van der Waals surface area contributed by atoms with Crippen molar-refractivity contribution >= 4 is 10.8 Å². The summed E-state index contributed by atoms with van der Waals surface area (Å²) in [5.41, 5.74) is 4.15. The van der Waals surface area contributed by atoms with Gasteiger partial charge in [0.1, 0.15) is 5.75 Å². The topological polar surface area (TPSA) is 64.2 Å². The Morgan fingerprint density at radius 1 is 1.00 bits per heavy atom. The molecule has 0 saturated heterocycles. The number of rotatable bonds is 7. The summed E-state index contributed by atoms with van der Waals surface area (Å²) in [5, 5.41) is 1.55. The number of aromatic nitrogens is 2. The largest absolute Gasteiger partial charge is 0.496 e. The minimum atomic E-state index is -0.196. The number of fused-ring (bicyclic) bond motifs is 1. The van der Waals surface area contributed by atoms with Crippen molar-refractivity contribution < 1.29 is 9.47 Å². The van der Waals surface area contributed by atoms with Gasteiger partial charge in [-0.25, -0.2) is 4.98 Å². The first-order chi connectivity index (χ1) is 16.3. The Kier molecular flexibility index (Phi) is 6.73. The number of benzene rings is 2. The number of hydrogen-bond donors (Lipinski definition) is 1. The molecule has 0 saturated carbocycles. The molecule has 0 fully saturated rings. The van der Waals surface area contributed by atoms with Crippen LogP contribution in [0.1, 0.15) is 46.1 Å². The summed E-state index contributed by atoms with van der Waals surface area (Å²) in [6.45, 7) is 9.22. The maximum Gasteiger partial charge on any atom is 0.256 e. The molecule has 0 amide bonds. The van der Waals surface area contributed by atoms with Gasteiger partial charge in [-0.1, -0.05) is 52.3 Å². The van der Waals surface area contributed by atoms with Crippen LogP contribution in [0.25, 0.3) is 33.2 Å². The number of nitrogens with one attached hydrogen (secondary N) is 1. The molecule has 0 spiro atoms. The van der Waals surface area contributed by atoms with Gasteiger partial charge in [-0.3, -0.25) is 4.79 Å². The highest BCUT2D eigenvalue weighted by molar-refractivity contribution is 5.88. The third-order valence-electron chi connectivity index (χ3n) is 5.96. The number of nitrogens with zero attached hydrogens (tertiary/aromatic N) is 1. The lowest BCUT2D eigenvalue weighted by Gasteiger charge is -2.25. The molecule has 5 heteroatoms. The Hall–Kier alpha value is -3.60. The lowest BCUT2D eigenvalue weighted by Crippen LogP contribution is -2.15. The first-order valence-electron chi connectivity index (χ1n) is 11.8. The molecule has 5 nitrogen and oxygen atoms in total. The van der Waals surface area contributed by atoms with Crippen molar-refractivity contribution in [2.45, 2.75) is 46.0 Å². The van der Waals surface area contributed by atoms with Crippen LogP contribution in [0.15, 0.2) is 65.6 Å². The molecule has 2 aromatic heterocycles. The van der Waals surface area contributed by atoms with Crippen molar-refractivity contribution in [3.8, 4) is 34.0 Å². The van der Waals surface area contributed by atoms with Gasteiger partial charge in [0.2, 0.25) is 5.88 Å². The van der Waals surface area contributed by atoms with Crippen LogP contribution in [0.5, 0.6) is 11.6 Å². The monoisotopic (exact) mass is 456 g/mol. The molecule has 0 bridgehead atoms. The number of unbranched alkanes of at least 4 members (excludes halogenated alkanes) is 1. The summed E-state index contributed by atoms with van der Waals surface area (Å²) in [4.78, 5) is 20.5. The lowest BCUT2D eigenvalue weighted by atomic mass is 9.82. The van der Waals surface area contributed by atoms with Crippen molar-refractivity contribution in [3.05, 3.63) is 76.7 Å². The second kappa shape index (κ2) is 9.72. The molecule has 34 heavy (non-hydrogen) atoms. The fraction of sp³-hybridized carbons (Fsp3) is 0.310. The maximum absolute atomic E-state index is 12.9. The first kappa shape index (κ1) is 23.6. The van der Waals surface area contributed by atoms with Gasteiger partial charge < -0.3 is 14.5 Å². The van der Waals surface area contributed by atoms with Crippen molar-refractivity contribution in [1.29, 1.82) is 0 Å². The van der Waals surface area contributed by atoms with Crippen LogP contribution in [0.3, 0.4) is 0 Å². The highest BCUT2D eigenvalue weighted by atomic mass is 16.5. The zero-order valence-corrected chi connectivity index (χ0v) is 20.6. The second-order valence-electron chi connectivity index (χ2n) is 9.51. The molecule has 0 aliphatic carbocycles. The van der Waals surface area contributed by atoms with E-state index in [1.54, 1.807) is 13.3 Å². The number of H-pyrrole nitrogens is 1. The second-order valence-corrected chi connectivity index (χ2v) is 9.51. The number of hydrogen-bond acceptors (Lipinski definition) is 4. The van der Waals surface area contributed by atoms with E-state index in [0.717, 1.165) is 46.2 Å². The zero-order chi connectivity index (χ0) is 24.3. The van der Waals surface area contributed by atoms with Gasteiger partial charge in [-0.2, -0.15) is 0 Å². The third kappa shape index (κ3) is 4.69. The third-order valence-corrected chi connectivity index (χ3v) is 5.96. The van der Waals surface area contributed by atoms with E-state index in [1.165, 1.54) is 0 Å². The molecule has 0 aliphatic heterocycles. The Labute approximate surface area is 200 Å². The summed E-state index contributed by atoms with van der Waals surface area (Å²) in [7, 11) is 1.68. The summed E-state index contributed by atoms with van der Waals surface area (Å²) in [5.74, 6) is 1.36. The standard InChI is InChI=1S/C29H32N2O3/c1-6-7-15-34-28-22(13-10-14-30-28)20-16-23(26(33-5)24(17-20)29(2,3)4)25-18-19-11-8-9-12-21(19)27(32)31-25/h8-14,16-18H,6-7,15H2,1-5H3,(H,31,32). The smallest absolute Gasteiger partial charge is 0.256 e. The first-order valence-corrected chi connectivity index (χ1v) is 11.8. The molecule has 0 atom stereocenters. The number of methoxy groups -OCH3 is 1. The minimum Gasteiger partial charge on any atom is -0.496 e. The fourth-order valence-corrected chi connectivity index (χ4v) is 4.16. The molecule has 2 heterocycles. The van der Waals surface area contributed by atoms with E-state index in [2.05, 4.69) is 49.8 Å². The Balaban J connectivity index is 1.97. The molecule has 2 aromatic carbocycles. The quantitative estimate of drug-likeness (QED) is 0.313. The van der Waals surface area contributed by atoms with Crippen molar-refractivity contribution in [2.24, 2.45) is 0 Å². The van der Waals surface area contributed by atoms with E-state index in [0.29, 0.717) is 23.6 Å². The average Bonchev–Trinajstić information content (AvgIpc) is 2.83. The molecule has 1 N–H and O–H groups in total. The summed E-state index contributed by atoms with van der Waals surface area (Å²) in [6.07, 6.45) is 3.77. The van der Waals surface area contributed by atoms with Crippen molar-refractivity contribution in [2.75, 3.05) is 13.7 Å². The van der Waals surface area contributed by atoms with E-state index in [9.17, 15) is 4.79 Å². The van der Waals surface area contributed by atoms with Gasteiger partial charge in [-0.15, -0.1) is 0 Å². The predicted molar refractivity (Wildman–Crippen MR) is 139 cm³/mol. The lowest BCUT2D eigenvalue weighted by molar-refractivity contribution is 0.299. The van der Waals surface area contributed by atoms with E-state index in [1.807, 2.05) is 42.5 Å². The highest BCUT2D eigenvalue weighted by Gasteiger charge is 2.25. The number of pyridine rings is 2. The van der Waals surface area contributed by atoms with Crippen LogP contribution in [-0.2, 0) is 5.41 Å². The van der Waals surface area contributed by atoms with Crippen molar-refractivity contribution in [3.63, 3.8) is 0 Å². The molecule has 176 valence electrons. The molecule has 4 rings (SSSR count). The van der Waals surface area contributed by atoms with Gasteiger partial charge >= 0.3 is 0 Å². The van der Waals surface area contributed by atoms with Crippen molar-refractivity contribution in [1.82, 2.24) is 9.97 Å². The van der Waals surface area contributed by atoms with E-state index in [4.69, 9.17) is 9.47 Å². The summed E-state index contributed by atoms with van der Waals surface area (Å²) in [6, 6.07) is 17.7. The van der Waals surface area contributed by atoms with Crippen LogP contribution in [0.2, 0.25) is 0 Å². The Morgan fingerprint density at radius 3 is 2.53 bits per heavy atom. The van der Waals surface area contributed by atoms with Crippen LogP contribution in [-0.4, -0.2) is 23.7 Å². The number of ether oxygens (including phenoxy) is 2.